The lowest BCUT2D eigenvalue weighted by molar-refractivity contribution is -0.123. The highest BCUT2D eigenvalue weighted by molar-refractivity contribution is 6.22. The zero-order valence-electron chi connectivity index (χ0n) is 18.2. The maximum atomic E-state index is 13.1. The molecule has 0 radical (unpaired) electrons. The smallest absolute Gasteiger partial charge is 0.251 e. The SMILES string of the molecule is CC(=O)Nc1cccc(N2C(=O)C[C@H](N3CCC(NC(=O)c4ccc(F)cc4)CC3)C2=O)c1. The molecule has 2 saturated heterocycles. The molecule has 9 heteroatoms. The van der Waals surface area contributed by atoms with Gasteiger partial charge in [0.1, 0.15) is 5.82 Å². The predicted molar refractivity (Wildman–Crippen MR) is 120 cm³/mol. The number of nitrogens with one attached hydrogen (secondary N) is 2. The summed E-state index contributed by atoms with van der Waals surface area (Å²) >= 11 is 0. The highest BCUT2D eigenvalue weighted by Crippen LogP contribution is 2.29. The Morgan fingerprint density at radius 3 is 2.39 bits per heavy atom. The standard InChI is InChI=1S/C24H25FN4O4/c1-15(30)26-19-3-2-4-20(13-19)29-22(31)14-21(24(29)33)28-11-9-18(10-12-28)27-23(32)16-5-7-17(25)8-6-16/h2-8,13,18,21H,9-12,14H2,1H3,(H,26,30)(H,27,32)/t21-/m0/s1. The Balaban J connectivity index is 1.36. The lowest BCUT2D eigenvalue weighted by Crippen LogP contribution is -2.50. The average Bonchev–Trinajstić information content (AvgIpc) is 3.08. The molecule has 2 aromatic carbocycles. The van der Waals surface area contributed by atoms with E-state index in [1.54, 1.807) is 24.3 Å². The van der Waals surface area contributed by atoms with Gasteiger partial charge in [-0.2, -0.15) is 0 Å². The van der Waals surface area contributed by atoms with Crippen molar-refractivity contribution in [3.63, 3.8) is 0 Å². The Morgan fingerprint density at radius 1 is 1.03 bits per heavy atom. The number of piperidine rings is 1. The molecule has 2 N–H and O–H groups in total. The highest BCUT2D eigenvalue weighted by Gasteiger charge is 2.43. The van der Waals surface area contributed by atoms with Gasteiger partial charge in [0.15, 0.2) is 0 Å². The van der Waals surface area contributed by atoms with Crippen molar-refractivity contribution in [2.75, 3.05) is 23.3 Å². The third kappa shape index (κ3) is 5.09. The number of halogens is 1. The Labute approximate surface area is 190 Å². The molecule has 0 aromatic heterocycles. The molecule has 0 bridgehead atoms. The van der Waals surface area contributed by atoms with Crippen LogP contribution in [0.3, 0.4) is 0 Å². The molecule has 2 heterocycles. The minimum absolute atomic E-state index is 0.0588. The Bertz CT molecular complexity index is 1080. The van der Waals surface area contributed by atoms with Crippen molar-refractivity contribution in [3.05, 3.63) is 59.9 Å². The first-order valence-corrected chi connectivity index (χ1v) is 10.9. The van der Waals surface area contributed by atoms with Gasteiger partial charge in [-0.15, -0.1) is 0 Å². The molecular weight excluding hydrogens is 427 g/mol. The van der Waals surface area contributed by atoms with Crippen molar-refractivity contribution in [3.8, 4) is 0 Å². The summed E-state index contributed by atoms with van der Waals surface area (Å²) in [5.41, 5.74) is 1.34. The molecule has 0 saturated carbocycles. The molecule has 172 valence electrons. The number of likely N-dealkylation sites (tertiary alicyclic amines) is 1. The first-order chi connectivity index (χ1) is 15.8. The highest BCUT2D eigenvalue weighted by atomic mass is 19.1. The molecule has 4 amide bonds. The van der Waals surface area contributed by atoms with E-state index in [1.807, 2.05) is 4.90 Å². The molecule has 2 aliphatic heterocycles. The number of hydrogen-bond acceptors (Lipinski definition) is 5. The molecular formula is C24H25FN4O4. The molecule has 8 nitrogen and oxygen atoms in total. The summed E-state index contributed by atoms with van der Waals surface area (Å²) in [6.45, 7) is 2.52. The molecule has 2 aromatic rings. The second-order valence-electron chi connectivity index (χ2n) is 8.31. The summed E-state index contributed by atoms with van der Waals surface area (Å²) in [5, 5.41) is 5.61. The molecule has 4 rings (SSSR count). The van der Waals surface area contributed by atoms with Gasteiger partial charge in [-0.1, -0.05) is 6.07 Å². The van der Waals surface area contributed by atoms with Crippen molar-refractivity contribution in [2.45, 2.75) is 38.3 Å². The lowest BCUT2D eigenvalue weighted by Gasteiger charge is -2.35. The Morgan fingerprint density at radius 2 is 1.73 bits per heavy atom. The van der Waals surface area contributed by atoms with Gasteiger partial charge in [0.2, 0.25) is 11.8 Å². The van der Waals surface area contributed by atoms with Crippen LogP contribution in [-0.2, 0) is 14.4 Å². The number of nitrogens with zero attached hydrogens (tertiary/aromatic N) is 2. The Hall–Kier alpha value is -3.59. The fourth-order valence-corrected chi connectivity index (χ4v) is 4.32. The van der Waals surface area contributed by atoms with Crippen LogP contribution in [0.1, 0.15) is 36.5 Å². The zero-order chi connectivity index (χ0) is 23.5. The number of imide groups is 1. The summed E-state index contributed by atoms with van der Waals surface area (Å²) in [7, 11) is 0. The monoisotopic (exact) mass is 452 g/mol. The van der Waals surface area contributed by atoms with Gasteiger partial charge in [0.25, 0.3) is 11.8 Å². The van der Waals surface area contributed by atoms with Crippen LogP contribution < -0.4 is 15.5 Å². The van der Waals surface area contributed by atoms with E-state index < -0.39 is 11.9 Å². The van der Waals surface area contributed by atoms with Crippen LogP contribution in [0.4, 0.5) is 15.8 Å². The van der Waals surface area contributed by atoms with Gasteiger partial charge >= 0.3 is 0 Å². The molecule has 2 fully saturated rings. The minimum atomic E-state index is -0.546. The fourth-order valence-electron chi connectivity index (χ4n) is 4.32. The van der Waals surface area contributed by atoms with Crippen LogP contribution in [0.5, 0.6) is 0 Å². The van der Waals surface area contributed by atoms with Crippen molar-refractivity contribution in [1.29, 1.82) is 0 Å². The molecule has 0 spiro atoms. The van der Waals surface area contributed by atoms with Gasteiger partial charge in [-0.25, -0.2) is 9.29 Å². The summed E-state index contributed by atoms with van der Waals surface area (Å²) in [5.74, 6) is -1.46. The van der Waals surface area contributed by atoms with Crippen molar-refractivity contribution < 1.29 is 23.6 Å². The second kappa shape index (κ2) is 9.50. The van der Waals surface area contributed by atoms with E-state index in [4.69, 9.17) is 0 Å². The number of anilines is 2. The molecule has 0 unspecified atom stereocenters. The summed E-state index contributed by atoms with van der Waals surface area (Å²) in [6.07, 6.45) is 1.38. The Kier molecular flexibility index (Phi) is 6.50. The van der Waals surface area contributed by atoms with Crippen LogP contribution in [0.2, 0.25) is 0 Å². The topological polar surface area (TPSA) is 98.8 Å². The first kappa shape index (κ1) is 22.6. The number of rotatable bonds is 5. The van der Waals surface area contributed by atoms with E-state index in [1.165, 1.54) is 36.1 Å². The summed E-state index contributed by atoms with van der Waals surface area (Å²) in [6, 6.07) is 11.4. The third-order valence-corrected chi connectivity index (χ3v) is 5.96. The van der Waals surface area contributed by atoms with E-state index in [0.717, 1.165) is 0 Å². The van der Waals surface area contributed by atoms with Crippen molar-refractivity contribution in [2.24, 2.45) is 0 Å². The minimum Gasteiger partial charge on any atom is -0.349 e. The molecule has 0 aliphatic carbocycles. The largest absolute Gasteiger partial charge is 0.349 e. The fraction of sp³-hybridized carbons (Fsp3) is 0.333. The van der Waals surface area contributed by atoms with Gasteiger partial charge in [0, 0.05) is 37.3 Å². The maximum absolute atomic E-state index is 13.1. The summed E-state index contributed by atoms with van der Waals surface area (Å²) < 4.78 is 13.1. The maximum Gasteiger partial charge on any atom is 0.251 e. The number of hydrogen-bond donors (Lipinski definition) is 2. The van der Waals surface area contributed by atoms with Crippen LogP contribution in [-0.4, -0.2) is 53.7 Å². The normalized spacial score (nSPS) is 19.6. The quantitative estimate of drug-likeness (QED) is 0.679. The number of benzene rings is 2. The zero-order valence-corrected chi connectivity index (χ0v) is 18.2. The van der Waals surface area contributed by atoms with Gasteiger partial charge in [0.05, 0.1) is 18.2 Å². The number of amides is 4. The van der Waals surface area contributed by atoms with Gasteiger partial charge in [-0.05, 0) is 55.3 Å². The molecule has 33 heavy (non-hydrogen) atoms. The van der Waals surface area contributed by atoms with Crippen LogP contribution in [0, 0.1) is 5.82 Å². The molecule has 2 aliphatic rings. The summed E-state index contributed by atoms with van der Waals surface area (Å²) in [4.78, 5) is 52.6. The van der Waals surface area contributed by atoms with Crippen LogP contribution >= 0.6 is 0 Å². The second-order valence-corrected chi connectivity index (χ2v) is 8.31. The van der Waals surface area contributed by atoms with Gasteiger partial charge < -0.3 is 10.6 Å². The number of carbonyl (C=O) groups excluding carboxylic acids is 4. The van der Waals surface area contributed by atoms with Crippen molar-refractivity contribution >= 4 is 35.0 Å². The number of carbonyl (C=O) groups is 4. The average molecular weight is 452 g/mol. The van der Waals surface area contributed by atoms with E-state index in [2.05, 4.69) is 10.6 Å². The van der Waals surface area contributed by atoms with E-state index in [0.29, 0.717) is 42.9 Å². The van der Waals surface area contributed by atoms with Crippen molar-refractivity contribution in [1.82, 2.24) is 10.2 Å². The van der Waals surface area contributed by atoms with Gasteiger partial charge in [-0.3, -0.25) is 24.1 Å². The third-order valence-electron chi connectivity index (χ3n) is 5.96. The van der Waals surface area contributed by atoms with E-state index >= 15 is 0 Å². The van der Waals surface area contributed by atoms with Crippen LogP contribution in [0.15, 0.2) is 48.5 Å². The van der Waals surface area contributed by atoms with E-state index in [9.17, 15) is 23.6 Å². The lowest BCUT2D eigenvalue weighted by atomic mass is 10.0. The predicted octanol–water partition coefficient (Wildman–Crippen LogP) is 2.31. The first-order valence-electron chi connectivity index (χ1n) is 10.9. The molecule has 1 atom stereocenters. The van der Waals surface area contributed by atoms with Crippen LogP contribution in [0.25, 0.3) is 0 Å². The van der Waals surface area contributed by atoms with E-state index in [-0.39, 0.29) is 36.1 Å².